The van der Waals surface area contributed by atoms with Gasteiger partial charge in [0.15, 0.2) is 5.11 Å². The van der Waals surface area contributed by atoms with Crippen LogP contribution in [0.25, 0.3) is 0 Å². The van der Waals surface area contributed by atoms with Crippen molar-refractivity contribution in [3.05, 3.63) is 59.7 Å². The summed E-state index contributed by atoms with van der Waals surface area (Å²) >= 11 is 5.44. The second kappa shape index (κ2) is 7.66. The van der Waals surface area contributed by atoms with Crippen LogP contribution >= 0.6 is 12.2 Å². The van der Waals surface area contributed by atoms with Gasteiger partial charge in [-0.05, 0) is 55.7 Å². The summed E-state index contributed by atoms with van der Waals surface area (Å²) < 4.78 is 0. The normalized spacial score (nSPS) is 15.1. The molecule has 2 aromatic rings. The van der Waals surface area contributed by atoms with Gasteiger partial charge in [-0.2, -0.15) is 0 Å². The van der Waals surface area contributed by atoms with Crippen molar-refractivity contribution >= 4 is 34.6 Å². The van der Waals surface area contributed by atoms with Gasteiger partial charge in [-0.25, -0.2) is 0 Å². The highest BCUT2D eigenvalue weighted by molar-refractivity contribution is 7.80. The highest BCUT2D eigenvalue weighted by Crippen LogP contribution is 2.28. The molecule has 1 saturated heterocycles. The van der Waals surface area contributed by atoms with Crippen molar-refractivity contribution in [2.45, 2.75) is 32.7 Å². The van der Waals surface area contributed by atoms with E-state index < -0.39 is 0 Å². The van der Waals surface area contributed by atoms with E-state index in [1.54, 1.807) is 0 Å². The van der Waals surface area contributed by atoms with Crippen LogP contribution < -0.4 is 15.5 Å². The van der Waals surface area contributed by atoms with Crippen molar-refractivity contribution in [1.82, 2.24) is 5.32 Å². The predicted molar refractivity (Wildman–Crippen MR) is 107 cm³/mol. The maximum Gasteiger partial charge on any atom is 0.227 e. The van der Waals surface area contributed by atoms with E-state index in [1.165, 1.54) is 5.56 Å². The van der Waals surface area contributed by atoms with Gasteiger partial charge in [-0.1, -0.05) is 36.4 Å². The van der Waals surface area contributed by atoms with Gasteiger partial charge in [0.1, 0.15) is 0 Å². The van der Waals surface area contributed by atoms with Gasteiger partial charge < -0.3 is 15.5 Å². The number of benzene rings is 2. The van der Waals surface area contributed by atoms with Crippen LogP contribution in [0.4, 0.5) is 11.4 Å². The monoisotopic (exact) mass is 353 g/mol. The molecular weight excluding hydrogens is 330 g/mol. The molecule has 1 fully saturated rings. The summed E-state index contributed by atoms with van der Waals surface area (Å²) in [6, 6.07) is 16.3. The molecule has 0 bridgehead atoms. The predicted octanol–water partition coefficient (Wildman–Crippen LogP) is 4.17. The third kappa shape index (κ3) is 4.17. The average Bonchev–Trinajstić information content (AvgIpc) is 3.03. The maximum absolute atomic E-state index is 12.0. The first kappa shape index (κ1) is 17.4. The van der Waals surface area contributed by atoms with Crippen LogP contribution in [0.1, 0.15) is 36.9 Å². The standard InChI is InChI=1S/C20H23N3OS/c1-14-10-11-17(13-18(14)23-12-6-9-19(23)24)22-20(25)21-15(2)16-7-4-3-5-8-16/h3-5,7-8,10-11,13,15H,6,9,12H2,1-2H3,(H2,21,22,25)/t15-/m0/s1. The van der Waals surface area contributed by atoms with Crippen molar-refractivity contribution in [3.63, 3.8) is 0 Å². The zero-order valence-corrected chi connectivity index (χ0v) is 15.4. The molecule has 0 aromatic heterocycles. The van der Waals surface area contributed by atoms with Crippen molar-refractivity contribution in [2.24, 2.45) is 0 Å². The largest absolute Gasteiger partial charge is 0.356 e. The summed E-state index contributed by atoms with van der Waals surface area (Å²) in [5.41, 5.74) is 4.13. The fraction of sp³-hybridized carbons (Fsp3) is 0.300. The minimum atomic E-state index is 0.117. The highest BCUT2D eigenvalue weighted by Gasteiger charge is 2.23. The molecule has 1 aliphatic rings. The molecule has 0 saturated carbocycles. The molecule has 0 aliphatic carbocycles. The van der Waals surface area contributed by atoms with Crippen LogP contribution in [0.3, 0.4) is 0 Å². The van der Waals surface area contributed by atoms with Gasteiger partial charge in [0.25, 0.3) is 0 Å². The fourth-order valence-corrected chi connectivity index (χ4v) is 3.36. The molecule has 4 nitrogen and oxygen atoms in total. The topological polar surface area (TPSA) is 44.4 Å². The molecule has 1 atom stereocenters. The summed E-state index contributed by atoms with van der Waals surface area (Å²) in [5, 5.41) is 7.10. The highest BCUT2D eigenvalue weighted by atomic mass is 32.1. The third-order valence-electron chi connectivity index (χ3n) is 4.48. The summed E-state index contributed by atoms with van der Waals surface area (Å²) in [6.45, 7) is 4.89. The van der Waals surface area contributed by atoms with Gasteiger partial charge >= 0.3 is 0 Å². The Kier molecular flexibility index (Phi) is 5.34. The van der Waals surface area contributed by atoms with Crippen LogP contribution in [0.15, 0.2) is 48.5 Å². The van der Waals surface area contributed by atoms with E-state index in [1.807, 2.05) is 48.2 Å². The van der Waals surface area contributed by atoms with E-state index in [0.717, 1.165) is 29.9 Å². The number of rotatable bonds is 4. The van der Waals surface area contributed by atoms with Gasteiger partial charge in [0.05, 0.1) is 6.04 Å². The van der Waals surface area contributed by atoms with E-state index in [2.05, 4.69) is 29.7 Å². The molecule has 0 unspecified atom stereocenters. The average molecular weight is 353 g/mol. The number of carbonyl (C=O) groups is 1. The lowest BCUT2D eigenvalue weighted by atomic mass is 10.1. The lowest BCUT2D eigenvalue weighted by Gasteiger charge is -2.21. The lowest BCUT2D eigenvalue weighted by molar-refractivity contribution is -0.117. The van der Waals surface area contributed by atoms with Crippen LogP contribution in [0.2, 0.25) is 0 Å². The molecule has 2 N–H and O–H groups in total. The number of nitrogens with one attached hydrogen (secondary N) is 2. The second-order valence-corrected chi connectivity index (χ2v) is 6.79. The Bertz CT molecular complexity index is 776. The molecule has 0 spiro atoms. The van der Waals surface area contributed by atoms with E-state index in [4.69, 9.17) is 12.2 Å². The second-order valence-electron chi connectivity index (χ2n) is 6.38. The first-order chi connectivity index (χ1) is 12.0. The van der Waals surface area contributed by atoms with Crippen LogP contribution in [-0.4, -0.2) is 17.6 Å². The van der Waals surface area contributed by atoms with Crippen LogP contribution in [0.5, 0.6) is 0 Å². The quantitative estimate of drug-likeness (QED) is 0.810. The Morgan fingerprint density at radius 3 is 2.64 bits per heavy atom. The number of amides is 1. The fourth-order valence-electron chi connectivity index (χ4n) is 3.07. The molecule has 1 aliphatic heterocycles. The number of anilines is 2. The number of thiocarbonyl (C=S) groups is 1. The van der Waals surface area contributed by atoms with Crippen LogP contribution in [-0.2, 0) is 4.79 Å². The molecule has 3 rings (SSSR count). The Morgan fingerprint density at radius 1 is 1.20 bits per heavy atom. The van der Waals surface area contributed by atoms with Gasteiger partial charge in [-0.15, -0.1) is 0 Å². The number of hydrogen-bond acceptors (Lipinski definition) is 2. The summed E-state index contributed by atoms with van der Waals surface area (Å²) in [4.78, 5) is 13.9. The maximum atomic E-state index is 12.0. The Morgan fingerprint density at radius 2 is 1.96 bits per heavy atom. The summed E-state index contributed by atoms with van der Waals surface area (Å²) in [7, 11) is 0. The van der Waals surface area contributed by atoms with Crippen LogP contribution in [0, 0.1) is 6.92 Å². The Balaban J connectivity index is 1.68. The van der Waals surface area contributed by atoms with Gasteiger partial charge in [0, 0.05) is 24.3 Å². The number of aryl methyl sites for hydroxylation is 1. The van der Waals surface area contributed by atoms with Crippen molar-refractivity contribution < 1.29 is 4.79 Å². The minimum absolute atomic E-state index is 0.117. The SMILES string of the molecule is Cc1ccc(NC(=S)N[C@@H](C)c2ccccc2)cc1N1CCCC1=O. The van der Waals surface area contributed by atoms with Gasteiger partial charge in [-0.3, -0.25) is 4.79 Å². The molecule has 1 heterocycles. The molecule has 25 heavy (non-hydrogen) atoms. The molecule has 1 amide bonds. The van der Waals surface area contributed by atoms with E-state index in [9.17, 15) is 4.79 Å². The zero-order chi connectivity index (χ0) is 17.8. The number of hydrogen-bond donors (Lipinski definition) is 2. The Labute approximate surface area is 154 Å². The molecule has 130 valence electrons. The van der Waals surface area contributed by atoms with Crippen molar-refractivity contribution in [3.8, 4) is 0 Å². The smallest absolute Gasteiger partial charge is 0.227 e. The third-order valence-corrected chi connectivity index (χ3v) is 4.70. The van der Waals surface area contributed by atoms with Gasteiger partial charge in [0.2, 0.25) is 5.91 Å². The van der Waals surface area contributed by atoms with E-state index >= 15 is 0 Å². The minimum Gasteiger partial charge on any atom is -0.356 e. The summed E-state index contributed by atoms with van der Waals surface area (Å²) in [5.74, 6) is 0.193. The number of nitrogens with zero attached hydrogens (tertiary/aromatic N) is 1. The first-order valence-corrected chi connectivity index (χ1v) is 8.99. The molecule has 0 radical (unpaired) electrons. The first-order valence-electron chi connectivity index (χ1n) is 8.58. The lowest BCUT2D eigenvalue weighted by Crippen LogP contribution is -2.31. The molecule has 2 aromatic carbocycles. The van der Waals surface area contributed by atoms with Crippen molar-refractivity contribution in [1.29, 1.82) is 0 Å². The zero-order valence-electron chi connectivity index (χ0n) is 14.6. The van der Waals surface area contributed by atoms with E-state index in [-0.39, 0.29) is 11.9 Å². The molecular formula is C20H23N3OS. The Hall–Kier alpha value is -2.40. The molecule has 5 heteroatoms. The van der Waals surface area contributed by atoms with Crippen molar-refractivity contribution in [2.75, 3.05) is 16.8 Å². The number of carbonyl (C=O) groups excluding carboxylic acids is 1. The summed E-state index contributed by atoms with van der Waals surface area (Å²) in [6.07, 6.45) is 1.55. The van der Waals surface area contributed by atoms with E-state index in [0.29, 0.717) is 11.5 Å².